The molecule has 1 aliphatic rings. The second kappa shape index (κ2) is 6.80. The Hall–Kier alpha value is -1.75. The number of ether oxygens (including phenoxy) is 1. The lowest BCUT2D eigenvalue weighted by Crippen LogP contribution is -2.37. The lowest BCUT2D eigenvalue weighted by Gasteiger charge is -2.13. The van der Waals surface area contributed by atoms with Crippen molar-refractivity contribution in [3.63, 3.8) is 0 Å². The monoisotopic (exact) mass is 310 g/mol. The van der Waals surface area contributed by atoms with Crippen LogP contribution in [0.1, 0.15) is 26.7 Å². The molecule has 0 spiro atoms. The number of hydrogen-bond donors (Lipinski definition) is 2. The number of hydrogen-bond acceptors (Lipinski definition) is 3. The van der Waals surface area contributed by atoms with E-state index in [0.29, 0.717) is 41.8 Å². The Kier molecular flexibility index (Phi) is 5.07. The Balaban J connectivity index is 1.96. The fourth-order valence-corrected chi connectivity index (χ4v) is 2.23. The molecule has 2 N–H and O–H groups in total. The smallest absolute Gasteiger partial charge is 0.246 e. The fraction of sp³-hybridized carbons (Fsp3) is 0.467. The molecule has 114 valence electrons. The number of halogens is 1. The average Bonchev–Trinajstić information content (AvgIpc) is 2.84. The zero-order chi connectivity index (χ0) is 15.4. The van der Waals surface area contributed by atoms with Gasteiger partial charge in [-0.25, -0.2) is 0 Å². The van der Waals surface area contributed by atoms with E-state index in [2.05, 4.69) is 24.5 Å². The van der Waals surface area contributed by atoms with Crippen molar-refractivity contribution < 1.29 is 14.3 Å². The molecule has 2 rings (SSSR count). The number of amides is 2. The van der Waals surface area contributed by atoms with E-state index in [0.717, 1.165) is 0 Å². The van der Waals surface area contributed by atoms with Crippen LogP contribution in [0.4, 0.5) is 5.69 Å². The number of rotatable bonds is 5. The van der Waals surface area contributed by atoms with Crippen LogP contribution in [0.3, 0.4) is 0 Å². The third kappa shape index (κ3) is 4.36. The van der Waals surface area contributed by atoms with Crippen molar-refractivity contribution in [3.8, 4) is 5.75 Å². The van der Waals surface area contributed by atoms with Gasteiger partial charge in [-0.15, -0.1) is 0 Å². The summed E-state index contributed by atoms with van der Waals surface area (Å²) in [5.41, 5.74) is 0.586. The molecule has 1 aromatic rings. The highest BCUT2D eigenvalue weighted by Crippen LogP contribution is 2.28. The Bertz CT molecular complexity index is 546. The molecule has 5 nitrogen and oxygen atoms in total. The second-order valence-corrected chi connectivity index (χ2v) is 5.91. The minimum Gasteiger partial charge on any atom is -0.492 e. The first-order chi connectivity index (χ1) is 9.95. The largest absolute Gasteiger partial charge is 0.492 e. The van der Waals surface area contributed by atoms with Gasteiger partial charge in [0, 0.05) is 12.1 Å². The van der Waals surface area contributed by atoms with Gasteiger partial charge >= 0.3 is 0 Å². The third-order valence-corrected chi connectivity index (χ3v) is 3.38. The molecule has 0 saturated carbocycles. The molecule has 0 bridgehead atoms. The summed E-state index contributed by atoms with van der Waals surface area (Å²) in [7, 11) is 0. The average molecular weight is 311 g/mol. The minimum atomic E-state index is -0.465. The van der Waals surface area contributed by atoms with Gasteiger partial charge in [0.05, 0.1) is 11.6 Å². The predicted octanol–water partition coefficient (Wildman–Crippen LogP) is 2.59. The Labute approximate surface area is 129 Å². The topological polar surface area (TPSA) is 67.4 Å². The molecule has 1 saturated heterocycles. The highest BCUT2D eigenvalue weighted by atomic mass is 35.5. The van der Waals surface area contributed by atoms with Crippen molar-refractivity contribution >= 4 is 29.1 Å². The molecule has 1 atom stereocenters. The van der Waals surface area contributed by atoms with Crippen LogP contribution >= 0.6 is 11.6 Å². The van der Waals surface area contributed by atoms with Gasteiger partial charge < -0.3 is 15.4 Å². The number of anilines is 1. The summed E-state index contributed by atoms with van der Waals surface area (Å²) in [6.07, 6.45) is 0.912. The molecule has 1 fully saturated rings. The predicted molar refractivity (Wildman–Crippen MR) is 81.6 cm³/mol. The van der Waals surface area contributed by atoms with Crippen molar-refractivity contribution in [1.82, 2.24) is 5.32 Å². The summed E-state index contributed by atoms with van der Waals surface area (Å²) < 4.78 is 5.57. The number of carbonyl (C=O) groups is 2. The van der Waals surface area contributed by atoms with Gasteiger partial charge in [-0.05, 0) is 30.5 Å². The minimum absolute atomic E-state index is 0.0920. The van der Waals surface area contributed by atoms with Gasteiger partial charge in [-0.1, -0.05) is 25.4 Å². The van der Waals surface area contributed by atoms with E-state index in [9.17, 15) is 9.59 Å². The molecular weight excluding hydrogens is 292 g/mol. The number of nitrogens with one attached hydrogen (secondary N) is 2. The molecule has 0 radical (unpaired) electrons. The summed E-state index contributed by atoms with van der Waals surface area (Å²) in [5.74, 6) is 0.683. The Morgan fingerprint density at radius 2 is 2.29 bits per heavy atom. The molecule has 0 aliphatic carbocycles. The van der Waals surface area contributed by atoms with Crippen LogP contribution in [-0.2, 0) is 9.59 Å². The highest BCUT2D eigenvalue weighted by Gasteiger charge is 2.27. The molecule has 0 aromatic heterocycles. The summed E-state index contributed by atoms with van der Waals surface area (Å²) in [6, 6.07) is 4.64. The van der Waals surface area contributed by atoms with Crippen molar-refractivity contribution in [2.45, 2.75) is 32.7 Å². The van der Waals surface area contributed by atoms with Crippen LogP contribution < -0.4 is 15.4 Å². The molecule has 1 heterocycles. The molecule has 1 aromatic carbocycles. The molecule has 6 heteroatoms. The van der Waals surface area contributed by atoms with Crippen molar-refractivity contribution in [3.05, 3.63) is 23.2 Å². The van der Waals surface area contributed by atoms with E-state index in [-0.39, 0.29) is 11.8 Å². The van der Waals surface area contributed by atoms with Crippen LogP contribution in [0, 0.1) is 5.92 Å². The first kappa shape index (κ1) is 15.6. The maximum atomic E-state index is 12.0. The molecular formula is C15H19ClN2O3. The van der Waals surface area contributed by atoms with Gasteiger partial charge in [0.25, 0.3) is 0 Å². The number of carbonyl (C=O) groups excluding carboxylic acids is 2. The van der Waals surface area contributed by atoms with Crippen molar-refractivity contribution in [2.24, 2.45) is 5.92 Å². The molecule has 1 aliphatic heterocycles. The quantitative estimate of drug-likeness (QED) is 0.878. The zero-order valence-electron chi connectivity index (χ0n) is 12.1. The van der Waals surface area contributed by atoms with E-state index in [1.54, 1.807) is 18.2 Å². The van der Waals surface area contributed by atoms with Crippen LogP contribution in [0.15, 0.2) is 18.2 Å². The Morgan fingerprint density at radius 1 is 1.52 bits per heavy atom. The zero-order valence-corrected chi connectivity index (χ0v) is 12.9. The van der Waals surface area contributed by atoms with Gasteiger partial charge in [-0.2, -0.15) is 0 Å². The van der Waals surface area contributed by atoms with Gasteiger partial charge in [0.2, 0.25) is 11.8 Å². The van der Waals surface area contributed by atoms with Gasteiger partial charge in [0.15, 0.2) is 0 Å². The van der Waals surface area contributed by atoms with Gasteiger partial charge in [0.1, 0.15) is 11.8 Å². The molecule has 0 unspecified atom stereocenters. The van der Waals surface area contributed by atoms with E-state index in [1.165, 1.54) is 0 Å². The summed E-state index contributed by atoms with van der Waals surface area (Å²) >= 11 is 6.13. The van der Waals surface area contributed by atoms with Crippen molar-refractivity contribution in [2.75, 3.05) is 11.9 Å². The maximum Gasteiger partial charge on any atom is 0.246 e. The summed E-state index contributed by atoms with van der Waals surface area (Å²) in [5, 5.41) is 5.82. The second-order valence-electron chi connectivity index (χ2n) is 5.50. The van der Waals surface area contributed by atoms with Crippen molar-refractivity contribution in [1.29, 1.82) is 0 Å². The molecule has 2 amide bonds. The molecule has 21 heavy (non-hydrogen) atoms. The van der Waals surface area contributed by atoms with Crippen LogP contribution in [-0.4, -0.2) is 24.5 Å². The first-order valence-electron chi connectivity index (χ1n) is 6.98. The third-order valence-electron chi connectivity index (χ3n) is 3.08. The lowest BCUT2D eigenvalue weighted by molar-refractivity contribution is -0.122. The van der Waals surface area contributed by atoms with E-state index in [1.807, 2.05) is 0 Å². The Morgan fingerprint density at radius 3 is 2.86 bits per heavy atom. The highest BCUT2D eigenvalue weighted by molar-refractivity contribution is 6.32. The summed E-state index contributed by atoms with van der Waals surface area (Å²) in [6.45, 7) is 4.69. The van der Waals surface area contributed by atoms with Crippen LogP contribution in [0.5, 0.6) is 5.75 Å². The van der Waals surface area contributed by atoms with Gasteiger partial charge in [-0.3, -0.25) is 9.59 Å². The lowest BCUT2D eigenvalue weighted by atomic mass is 10.2. The van der Waals surface area contributed by atoms with Crippen LogP contribution in [0.2, 0.25) is 5.02 Å². The number of benzene rings is 1. The first-order valence-corrected chi connectivity index (χ1v) is 7.36. The summed E-state index contributed by atoms with van der Waals surface area (Å²) in [4.78, 5) is 23.1. The van der Waals surface area contributed by atoms with E-state index >= 15 is 0 Å². The fourth-order valence-electron chi connectivity index (χ4n) is 1.99. The van der Waals surface area contributed by atoms with E-state index < -0.39 is 6.04 Å². The normalized spacial score (nSPS) is 17.7. The van der Waals surface area contributed by atoms with E-state index in [4.69, 9.17) is 16.3 Å². The standard InChI is InChI=1S/C15H19ClN2O3/c1-9(2)8-21-13-5-3-10(7-11(13)16)17-15(20)12-4-6-14(19)18-12/h3,5,7,9,12H,4,6,8H2,1-2H3,(H,17,20)(H,18,19)/t12-/m0/s1. The maximum absolute atomic E-state index is 12.0. The SMILES string of the molecule is CC(C)COc1ccc(NC(=O)[C@@H]2CCC(=O)N2)cc1Cl. The van der Waals surface area contributed by atoms with Crippen LogP contribution in [0.25, 0.3) is 0 Å².